The Bertz CT molecular complexity index is 601. The molecule has 26 heavy (non-hydrogen) atoms. The van der Waals surface area contributed by atoms with Gasteiger partial charge in [-0.15, -0.1) is 0 Å². The van der Waals surface area contributed by atoms with Gasteiger partial charge in [0.1, 0.15) is 5.60 Å². The van der Waals surface area contributed by atoms with Gasteiger partial charge in [-0.3, -0.25) is 9.59 Å². The van der Waals surface area contributed by atoms with Crippen LogP contribution in [-0.2, 0) is 14.3 Å². The monoisotopic (exact) mass is 361 g/mol. The van der Waals surface area contributed by atoms with Crippen LogP contribution in [-0.4, -0.2) is 84.5 Å². The van der Waals surface area contributed by atoms with Gasteiger partial charge in [-0.05, 0) is 32.4 Å². The Morgan fingerprint density at radius 3 is 2.81 bits per heavy atom. The van der Waals surface area contributed by atoms with Crippen molar-refractivity contribution >= 4 is 11.8 Å². The van der Waals surface area contributed by atoms with E-state index in [-0.39, 0.29) is 29.8 Å². The largest absolute Gasteiger partial charge is 0.360 e. The summed E-state index contributed by atoms with van der Waals surface area (Å²) in [5, 5.41) is 0. The molecule has 0 aromatic heterocycles. The summed E-state index contributed by atoms with van der Waals surface area (Å²) in [6, 6.07) is 0. The second-order valence-electron chi connectivity index (χ2n) is 8.32. The van der Waals surface area contributed by atoms with Crippen LogP contribution < -0.4 is 0 Å². The number of amides is 2. The highest BCUT2D eigenvalue weighted by atomic mass is 16.5. The molecule has 3 saturated heterocycles. The highest BCUT2D eigenvalue weighted by molar-refractivity contribution is 5.93. The first-order valence-corrected chi connectivity index (χ1v) is 10.2. The summed E-state index contributed by atoms with van der Waals surface area (Å²) in [5.74, 6) is -0.536. The van der Waals surface area contributed by atoms with Crippen LogP contribution in [0.15, 0.2) is 12.2 Å². The molecule has 6 nitrogen and oxygen atoms in total. The van der Waals surface area contributed by atoms with Crippen molar-refractivity contribution < 1.29 is 14.3 Å². The Morgan fingerprint density at radius 2 is 2.08 bits per heavy atom. The maximum Gasteiger partial charge on any atom is 0.230 e. The lowest BCUT2D eigenvalue weighted by atomic mass is 9.76. The van der Waals surface area contributed by atoms with Crippen molar-refractivity contribution in [1.29, 1.82) is 0 Å². The number of rotatable bonds is 6. The van der Waals surface area contributed by atoms with Crippen LogP contribution in [0.1, 0.15) is 32.6 Å². The maximum absolute atomic E-state index is 13.2. The van der Waals surface area contributed by atoms with Crippen molar-refractivity contribution in [2.45, 2.75) is 44.3 Å². The molecule has 6 heteroatoms. The van der Waals surface area contributed by atoms with Crippen LogP contribution in [0.5, 0.6) is 0 Å². The lowest BCUT2D eigenvalue weighted by molar-refractivity contribution is -0.142. The molecule has 4 rings (SSSR count). The molecule has 4 aliphatic rings. The van der Waals surface area contributed by atoms with Crippen LogP contribution in [0.4, 0.5) is 0 Å². The lowest BCUT2D eigenvalue weighted by Crippen LogP contribution is -2.45. The minimum atomic E-state index is -0.572. The van der Waals surface area contributed by atoms with Gasteiger partial charge in [0.15, 0.2) is 0 Å². The number of ether oxygens (including phenoxy) is 1. The molecule has 4 aliphatic heterocycles. The Morgan fingerprint density at radius 1 is 1.31 bits per heavy atom. The number of nitrogens with zero attached hydrogens (tertiary/aromatic N) is 3. The number of fused-ring (bicyclic) bond motifs is 1. The fourth-order valence-corrected chi connectivity index (χ4v) is 5.19. The third-order valence-electron chi connectivity index (χ3n) is 6.53. The third kappa shape index (κ3) is 2.87. The number of likely N-dealkylation sites (tertiary alicyclic amines) is 2. The van der Waals surface area contributed by atoms with Gasteiger partial charge < -0.3 is 19.4 Å². The van der Waals surface area contributed by atoms with E-state index < -0.39 is 5.60 Å². The molecule has 4 atom stereocenters. The average molecular weight is 361 g/mol. The van der Waals surface area contributed by atoms with E-state index in [4.69, 9.17) is 4.74 Å². The molecule has 4 heterocycles. The second-order valence-corrected chi connectivity index (χ2v) is 8.32. The molecule has 0 unspecified atom stereocenters. The van der Waals surface area contributed by atoms with E-state index in [1.54, 1.807) is 4.90 Å². The van der Waals surface area contributed by atoms with Gasteiger partial charge in [0.2, 0.25) is 11.8 Å². The minimum absolute atomic E-state index is 0.0549. The molecule has 0 aromatic carbocycles. The standard InChI is InChI=1S/C20H31N3O3/c1-3-9-21(2)18(24)16-15-7-8-20(26-15)14-23(19(25)17(16)20)13-12-22-10-5-4-6-11-22/h7-8,15-17H,3-6,9-14H2,1-2H3/t15-,16-,17+,20-/m0/s1. The molecule has 0 N–H and O–H groups in total. The molecule has 1 spiro atoms. The summed E-state index contributed by atoms with van der Waals surface area (Å²) in [6.07, 6.45) is 8.56. The number of hydrogen-bond donors (Lipinski definition) is 0. The van der Waals surface area contributed by atoms with Crippen molar-refractivity contribution in [3.63, 3.8) is 0 Å². The summed E-state index contributed by atoms with van der Waals surface area (Å²) < 4.78 is 6.20. The number of carbonyl (C=O) groups excluding carboxylic acids is 2. The predicted octanol–water partition coefficient (Wildman–Crippen LogP) is 1.12. The average Bonchev–Trinajstić information content (AvgIpc) is 3.29. The topological polar surface area (TPSA) is 53.1 Å². The summed E-state index contributed by atoms with van der Waals surface area (Å²) in [4.78, 5) is 32.3. The SMILES string of the molecule is CCCN(C)C(=O)[C@H]1[C@@H]2C=C[C@@]3(CN(CCN4CCCCC4)C(=O)[C@@H]13)O2. The Hall–Kier alpha value is -1.40. The van der Waals surface area contributed by atoms with E-state index >= 15 is 0 Å². The van der Waals surface area contributed by atoms with Crippen LogP contribution in [0.2, 0.25) is 0 Å². The molecule has 0 aromatic rings. The first kappa shape index (κ1) is 18.0. The number of carbonyl (C=O) groups is 2. The van der Waals surface area contributed by atoms with E-state index in [1.807, 2.05) is 24.1 Å². The predicted molar refractivity (Wildman–Crippen MR) is 98.5 cm³/mol. The number of piperidine rings is 1. The van der Waals surface area contributed by atoms with Crippen LogP contribution >= 0.6 is 0 Å². The lowest BCUT2D eigenvalue weighted by Gasteiger charge is -2.29. The van der Waals surface area contributed by atoms with E-state index in [0.717, 1.165) is 39.1 Å². The third-order valence-corrected chi connectivity index (χ3v) is 6.53. The van der Waals surface area contributed by atoms with E-state index in [2.05, 4.69) is 11.8 Å². The smallest absolute Gasteiger partial charge is 0.230 e. The van der Waals surface area contributed by atoms with Gasteiger partial charge in [0.05, 0.1) is 24.5 Å². The molecule has 0 aliphatic carbocycles. The zero-order valence-corrected chi connectivity index (χ0v) is 16.0. The molecule has 3 fully saturated rings. The Balaban J connectivity index is 1.45. The number of hydrogen-bond acceptors (Lipinski definition) is 4. The Labute approximate surface area is 156 Å². The van der Waals surface area contributed by atoms with Crippen LogP contribution in [0.25, 0.3) is 0 Å². The van der Waals surface area contributed by atoms with Crippen molar-refractivity contribution in [2.75, 3.05) is 46.3 Å². The molecule has 144 valence electrons. The van der Waals surface area contributed by atoms with Crippen molar-refractivity contribution in [3.05, 3.63) is 12.2 Å². The highest BCUT2D eigenvalue weighted by Gasteiger charge is 2.66. The van der Waals surface area contributed by atoms with Crippen molar-refractivity contribution in [2.24, 2.45) is 11.8 Å². The molecular weight excluding hydrogens is 330 g/mol. The summed E-state index contributed by atoms with van der Waals surface area (Å²) in [6.45, 7) is 7.32. The van der Waals surface area contributed by atoms with Gasteiger partial charge in [-0.25, -0.2) is 0 Å². The van der Waals surface area contributed by atoms with E-state index in [0.29, 0.717) is 6.54 Å². The molecule has 2 bridgehead atoms. The summed E-state index contributed by atoms with van der Waals surface area (Å²) in [7, 11) is 1.84. The van der Waals surface area contributed by atoms with Crippen molar-refractivity contribution in [1.82, 2.24) is 14.7 Å². The van der Waals surface area contributed by atoms with Gasteiger partial charge in [0.25, 0.3) is 0 Å². The fourth-order valence-electron chi connectivity index (χ4n) is 5.19. The minimum Gasteiger partial charge on any atom is -0.360 e. The van der Waals surface area contributed by atoms with Gasteiger partial charge in [-0.2, -0.15) is 0 Å². The fraction of sp³-hybridized carbons (Fsp3) is 0.800. The molecule has 0 saturated carbocycles. The van der Waals surface area contributed by atoms with Crippen molar-refractivity contribution in [3.8, 4) is 0 Å². The summed E-state index contributed by atoms with van der Waals surface area (Å²) in [5.41, 5.74) is -0.572. The normalized spacial score (nSPS) is 36.0. The van der Waals surface area contributed by atoms with Gasteiger partial charge in [-0.1, -0.05) is 25.5 Å². The molecular formula is C20H31N3O3. The van der Waals surface area contributed by atoms with Crippen LogP contribution in [0, 0.1) is 11.8 Å². The summed E-state index contributed by atoms with van der Waals surface area (Å²) >= 11 is 0. The first-order valence-electron chi connectivity index (χ1n) is 10.2. The first-order chi connectivity index (χ1) is 12.6. The quantitative estimate of drug-likeness (QED) is 0.666. The molecule has 0 radical (unpaired) electrons. The van der Waals surface area contributed by atoms with Gasteiger partial charge in [0, 0.05) is 26.7 Å². The highest BCUT2D eigenvalue weighted by Crippen LogP contribution is 2.52. The van der Waals surface area contributed by atoms with Gasteiger partial charge >= 0.3 is 0 Å². The van der Waals surface area contributed by atoms with E-state index in [1.165, 1.54) is 19.3 Å². The zero-order valence-electron chi connectivity index (χ0n) is 16.0. The Kier molecular flexibility index (Phi) is 4.82. The van der Waals surface area contributed by atoms with Crippen LogP contribution in [0.3, 0.4) is 0 Å². The van der Waals surface area contributed by atoms with E-state index in [9.17, 15) is 9.59 Å². The maximum atomic E-state index is 13.2. The molecule has 2 amide bonds. The zero-order chi connectivity index (χ0) is 18.3. The second kappa shape index (κ2) is 6.97.